The van der Waals surface area contributed by atoms with Crippen LogP contribution in [0.5, 0.6) is 11.6 Å². The molecule has 0 atom stereocenters. The summed E-state index contributed by atoms with van der Waals surface area (Å²) in [6.07, 6.45) is 3.56. The van der Waals surface area contributed by atoms with E-state index < -0.39 is 0 Å². The van der Waals surface area contributed by atoms with Gasteiger partial charge in [-0.1, -0.05) is 52.3 Å². The van der Waals surface area contributed by atoms with Crippen molar-refractivity contribution in [2.45, 2.75) is 53.6 Å². The summed E-state index contributed by atoms with van der Waals surface area (Å²) in [5.74, 6) is 1.42. The van der Waals surface area contributed by atoms with Gasteiger partial charge in [-0.3, -0.25) is 0 Å². The number of hydrogen-bond acceptors (Lipinski definition) is 3. The topological polar surface area (TPSA) is 31.4 Å². The van der Waals surface area contributed by atoms with Crippen molar-refractivity contribution in [2.75, 3.05) is 6.61 Å². The zero-order chi connectivity index (χ0) is 17.4. The number of rotatable bonds is 8. The standard InChI is InChI=1S/C21H29NO2/c1-5-6-8-17-11-13-19(14-12-17)24-20-10-7-9-18(22-20)15-23-16-21(2,3)4/h7,9-14H,5-6,8,15-16H2,1-4H3. The second-order valence-electron chi connectivity index (χ2n) is 7.37. The molecule has 3 nitrogen and oxygen atoms in total. The highest BCUT2D eigenvalue weighted by Gasteiger charge is 2.10. The molecule has 0 spiro atoms. The summed E-state index contributed by atoms with van der Waals surface area (Å²) in [7, 11) is 0. The molecule has 2 aromatic rings. The molecule has 0 unspecified atom stereocenters. The van der Waals surface area contributed by atoms with Crippen molar-refractivity contribution in [1.29, 1.82) is 0 Å². The van der Waals surface area contributed by atoms with E-state index in [-0.39, 0.29) is 5.41 Å². The van der Waals surface area contributed by atoms with Gasteiger partial charge in [0.05, 0.1) is 18.9 Å². The molecule has 1 aromatic heterocycles. The van der Waals surface area contributed by atoms with Gasteiger partial charge >= 0.3 is 0 Å². The van der Waals surface area contributed by atoms with Crippen molar-refractivity contribution < 1.29 is 9.47 Å². The number of ether oxygens (including phenoxy) is 2. The molecule has 0 saturated carbocycles. The van der Waals surface area contributed by atoms with Crippen LogP contribution in [0.2, 0.25) is 0 Å². The first-order valence-corrected chi connectivity index (χ1v) is 8.77. The number of aromatic nitrogens is 1. The van der Waals surface area contributed by atoms with Crippen LogP contribution in [0.3, 0.4) is 0 Å². The first kappa shape index (κ1) is 18.5. The van der Waals surface area contributed by atoms with Crippen LogP contribution < -0.4 is 4.74 Å². The fourth-order valence-electron chi connectivity index (χ4n) is 2.28. The van der Waals surface area contributed by atoms with Gasteiger partial charge in [0.15, 0.2) is 0 Å². The minimum absolute atomic E-state index is 0.160. The molecule has 0 aliphatic heterocycles. The van der Waals surface area contributed by atoms with E-state index in [1.165, 1.54) is 18.4 Å². The molecule has 2 rings (SSSR count). The number of benzene rings is 1. The molecule has 0 fully saturated rings. The van der Waals surface area contributed by atoms with Crippen LogP contribution in [0.25, 0.3) is 0 Å². The van der Waals surface area contributed by atoms with Gasteiger partial charge in [0.2, 0.25) is 5.88 Å². The second-order valence-corrected chi connectivity index (χ2v) is 7.37. The molecule has 0 aliphatic carbocycles. The van der Waals surface area contributed by atoms with Crippen molar-refractivity contribution in [1.82, 2.24) is 4.98 Å². The minimum atomic E-state index is 0.160. The van der Waals surface area contributed by atoms with Crippen LogP contribution >= 0.6 is 0 Å². The first-order valence-electron chi connectivity index (χ1n) is 8.77. The molecule has 130 valence electrons. The maximum atomic E-state index is 5.86. The summed E-state index contributed by atoms with van der Waals surface area (Å²) in [6, 6.07) is 14.1. The van der Waals surface area contributed by atoms with Crippen LogP contribution in [-0.2, 0) is 17.8 Å². The summed E-state index contributed by atoms with van der Waals surface area (Å²) < 4.78 is 11.6. The Balaban J connectivity index is 1.91. The van der Waals surface area contributed by atoms with Crippen molar-refractivity contribution in [3.8, 4) is 11.6 Å². The van der Waals surface area contributed by atoms with E-state index in [1.54, 1.807) is 0 Å². The lowest BCUT2D eigenvalue weighted by Crippen LogP contribution is -2.14. The fraction of sp³-hybridized carbons (Fsp3) is 0.476. The smallest absolute Gasteiger partial charge is 0.219 e. The Kier molecular flexibility index (Phi) is 6.80. The SMILES string of the molecule is CCCCc1ccc(Oc2cccc(COCC(C)(C)C)n2)cc1. The molecule has 0 radical (unpaired) electrons. The van der Waals surface area contributed by atoms with Gasteiger partial charge in [0.25, 0.3) is 0 Å². The lowest BCUT2D eigenvalue weighted by Gasteiger charge is -2.17. The third-order valence-corrected chi connectivity index (χ3v) is 3.53. The van der Waals surface area contributed by atoms with Crippen molar-refractivity contribution >= 4 is 0 Å². The molecule has 0 aliphatic rings. The minimum Gasteiger partial charge on any atom is -0.439 e. The predicted molar refractivity (Wildman–Crippen MR) is 98.5 cm³/mol. The van der Waals surface area contributed by atoms with E-state index in [0.29, 0.717) is 19.1 Å². The van der Waals surface area contributed by atoms with Gasteiger partial charge < -0.3 is 9.47 Å². The number of hydrogen-bond donors (Lipinski definition) is 0. The summed E-state index contributed by atoms with van der Waals surface area (Å²) >= 11 is 0. The fourth-order valence-corrected chi connectivity index (χ4v) is 2.28. The Morgan fingerprint density at radius 2 is 1.75 bits per heavy atom. The first-order chi connectivity index (χ1) is 11.5. The third kappa shape index (κ3) is 6.71. The molecule has 0 bridgehead atoms. The van der Waals surface area contributed by atoms with E-state index in [9.17, 15) is 0 Å². The molecule has 0 amide bonds. The number of aryl methyl sites for hydroxylation is 1. The summed E-state index contributed by atoms with van der Waals surface area (Å²) in [6.45, 7) is 9.89. The Bertz CT molecular complexity index is 614. The number of unbranched alkanes of at least 4 members (excludes halogenated alkanes) is 1. The molecule has 0 N–H and O–H groups in total. The predicted octanol–water partition coefficient (Wildman–Crippen LogP) is 5.78. The summed E-state index contributed by atoms with van der Waals surface area (Å²) in [4.78, 5) is 4.51. The van der Waals surface area contributed by atoms with Gasteiger partial charge in [-0.2, -0.15) is 0 Å². The zero-order valence-corrected chi connectivity index (χ0v) is 15.3. The maximum absolute atomic E-state index is 5.86. The van der Waals surface area contributed by atoms with E-state index >= 15 is 0 Å². The van der Waals surface area contributed by atoms with Gasteiger partial charge in [-0.05, 0) is 42.0 Å². The van der Waals surface area contributed by atoms with Crippen molar-refractivity contribution in [3.63, 3.8) is 0 Å². The normalized spacial score (nSPS) is 11.5. The highest BCUT2D eigenvalue weighted by molar-refractivity contribution is 5.31. The molecule has 1 heterocycles. The largest absolute Gasteiger partial charge is 0.439 e. The van der Waals surface area contributed by atoms with Crippen LogP contribution in [0.1, 0.15) is 51.8 Å². The Morgan fingerprint density at radius 3 is 2.42 bits per heavy atom. The molecule has 0 saturated heterocycles. The number of pyridine rings is 1. The lowest BCUT2D eigenvalue weighted by molar-refractivity contribution is 0.0579. The Labute approximate surface area is 146 Å². The molecular weight excluding hydrogens is 298 g/mol. The Morgan fingerprint density at radius 1 is 1.00 bits per heavy atom. The van der Waals surface area contributed by atoms with Crippen molar-refractivity contribution in [2.24, 2.45) is 5.41 Å². The van der Waals surface area contributed by atoms with Crippen LogP contribution in [0, 0.1) is 5.41 Å². The lowest BCUT2D eigenvalue weighted by atomic mass is 9.99. The van der Waals surface area contributed by atoms with Gasteiger partial charge in [-0.15, -0.1) is 0 Å². The average Bonchev–Trinajstić information content (AvgIpc) is 2.53. The highest BCUT2D eigenvalue weighted by Crippen LogP contribution is 2.21. The van der Waals surface area contributed by atoms with Gasteiger partial charge in [-0.25, -0.2) is 4.98 Å². The average molecular weight is 327 g/mol. The van der Waals surface area contributed by atoms with E-state index in [1.807, 2.05) is 30.3 Å². The Hall–Kier alpha value is -1.87. The van der Waals surface area contributed by atoms with Crippen LogP contribution in [0.15, 0.2) is 42.5 Å². The highest BCUT2D eigenvalue weighted by atomic mass is 16.5. The van der Waals surface area contributed by atoms with Crippen molar-refractivity contribution in [3.05, 3.63) is 53.7 Å². The summed E-state index contributed by atoms with van der Waals surface area (Å²) in [5, 5.41) is 0. The quantitative estimate of drug-likeness (QED) is 0.616. The van der Waals surface area contributed by atoms with E-state index in [2.05, 4.69) is 44.8 Å². The zero-order valence-electron chi connectivity index (χ0n) is 15.3. The molecule has 1 aromatic carbocycles. The summed E-state index contributed by atoms with van der Waals surface area (Å²) in [5.41, 5.74) is 2.39. The maximum Gasteiger partial charge on any atom is 0.219 e. The second kappa shape index (κ2) is 8.84. The van der Waals surface area contributed by atoms with E-state index in [0.717, 1.165) is 17.9 Å². The monoisotopic (exact) mass is 327 g/mol. The molecular formula is C21H29NO2. The van der Waals surface area contributed by atoms with Crippen LogP contribution in [0.4, 0.5) is 0 Å². The molecule has 3 heteroatoms. The van der Waals surface area contributed by atoms with E-state index in [4.69, 9.17) is 9.47 Å². The van der Waals surface area contributed by atoms with Gasteiger partial charge in [0, 0.05) is 6.07 Å². The molecule has 24 heavy (non-hydrogen) atoms. The number of nitrogens with zero attached hydrogens (tertiary/aromatic N) is 1. The third-order valence-electron chi connectivity index (χ3n) is 3.53. The van der Waals surface area contributed by atoms with Gasteiger partial charge in [0.1, 0.15) is 5.75 Å². The van der Waals surface area contributed by atoms with Crippen LogP contribution in [-0.4, -0.2) is 11.6 Å².